The molecule has 0 unspecified atom stereocenters. The average molecular weight is 239 g/mol. The van der Waals surface area contributed by atoms with Gasteiger partial charge in [-0.25, -0.2) is 4.98 Å². The molecule has 4 heteroatoms. The Balaban J connectivity index is 0.00000128. The zero-order valence-corrected chi connectivity index (χ0v) is 9.73. The van der Waals surface area contributed by atoms with E-state index in [4.69, 9.17) is 5.11 Å². The summed E-state index contributed by atoms with van der Waals surface area (Å²) in [4.78, 5) is 4.28. The van der Waals surface area contributed by atoms with E-state index >= 15 is 0 Å². The summed E-state index contributed by atoms with van der Waals surface area (Å²) in [5.41, 5.74) is 1.24. The van der Waals surface area contributed by atoms with Crippen molar-refractivity contribution < 1.29 is 5.11 Å². The van der Waals surface area contributed by atoms with Crippen LogP contribution in [0.15, 0.2) is 42.7 Å². The van der Waals surface area contributed by atoms with Crippen LogP contribution < -0.4 is 0 Å². The lowest BCUT2D eigenvalue weighted by molar-refractivity contribution is 0.274. The third kappa shape index (κ3) is 3.08. The van der Waals surface area contributed by atoms with E-state index in [0.717, 1.165) is 12.2 Å². The average Bonchev–Trinajstić information content (AvgIpc) is 2.68. The molecule has 0 spiro atoms. The van der Waals surface area contributed by atoms with E-state index in [1.165, 1.54) is 5.56 Å². The number of imidazole rings is 1. The summed E-state index contributed by atoms with van der Waals surface area (Å²) >= 11 is 0. The molecule has 1 aromatic carbocycles. The highest BCUT2D eigenvalue weighted by Gasteiger charge is 2.02. The maximum absolute atomic E-state index is 8.88. The molecule has 0 bridgehead atoms. The van der Waals surface area contributed by atoms with Crippen molar-refractivity contribution in [3.63, 3.8) is 0 Å². The van der Waals surface area contributed by atoms with Crippen molar-refractivity contribution in [2.45, 2.75) is 13.0 Å². The summed E-state index contributed by atoms with van der Waals surface area (Å²) in [6.45, 7) is 0.764. The Hall–Kier alpha value is -1.32. The van der Waals surface area contributed by atoms with Crippen LogP contribution in [0.1, 0.15) is 11.4 Å². The number of halogens is 1. The molecule has 2 aromatic rings. The first-order valence-electron chi connectivity index (χ1n) is 5.05. The van der Waals surface area contributed by atoms with Crippen molar-refractivity contribution in [2.24, 2.45) is 0 Å². The van der Waals surface area contributed by atoms with Gasteiger partial charge in [0.1, 0.15) is 5.82 Å². The van der Waals surface area contributed by atoms with E-state index in [2.05, 4.69) is 17.1 Å². The molecule has 0 amide bonds. The van der Waals surface area contributed by atoms with Crippen molar-refractivity contribution in [3.8, 4) is 0 Å². The Labute approximate surface area is 101 Å². The summed E-state index contributed by atoms with van der Waals surface area (Å²) in [7, 11) is 0. The van der Waals surface area contributed by atoms with Crippen LogP contribution in [0.2, 0.25) is 0 Å². The van der Waals surface area contributed by atoms with E-state index < -0.39 is 0 Å². The zero-order valence-electron chi connectivity index (χ0n) is 8.91. The Morgan fingerprint density at radius 1 is 1.19 bits per heavy atom. The van der Waals surface area contributed by atoms with Gasteiger partial charge in [0.05, 0.1) is 6.61 Å². The minimum Gasteiger partial charge on any atom is -0.395 e. The molecule has 1 heterocycles. The molecule has 0 saturated heterocycles. The monoisotopic (exact) mass is 238 g/mol. The number of hydrogen-bond donors (Lipinski definition) is 1. The van der Waals surface area contributed by atoms with Crippen LogP contribution in [0, 0.1) is 0 Å². The lowest BCUT2D eigenvalue weighted by Gasteiger charge is -2.05. The van der Waals surface area contributed by atoms with Crippen molar-refractivity contribution in [1.82, 2.24) is 9.55 Å². The molecule has 16 heavy (non-hydrogen) atoms. The van der Waals surface area contributed by atoms with Gasteiger partial charge in [-0.2, -0.15) is 0 Å². The standard InChI is InChI=1S/C12H14N2O.ClH/c15-9-8-14-7-6-13-12(14)10-11-4-2-1-3-5-11;/h1-7,15H,8-10H2;1H. The Bertz CT molecular complexity index is 414. The molecular weight excluding hydrogens is 224 g/mol. The number of aliphatic hydroxyl groups is 1. The van der Waals surface area contributed by atoms with E-state index in [-0.39, 0.29) is 19.0 Å². The largest absolute Gasteiger partial charge is 0.395 e. The summed E-state index contributed by atoms with van der Waals surface area (Å²) < 4.78 is 1.98. The summed E-state index contributed by atoms with van der Waals surface area (Å²) in [5.74, 6) is 0.996. The second-order valence-corrected chi connectivity index (χ2v) is 3.42. The van der Waals surface area contributed by atoms with Crippen LogP contribution in [0.25, 0.3) is 0 Å². The number of nitrogens with zero attached hydrogens (tertiary/aromatic N) is 2. The van der Waals surface area contributed by atoms with E-state index in [0.29, 0.717) is 6.54 Å². The van der Waals surface area contributed by atoms with Crippen LogP contribution in [-0.2, 0) is 13.0 Å². The second-order valence-electron chi connectivity index (χ2n) is 3.42. The smallest absolute Gasteiger partial charge is 0.113 e. The maximum Gasteiger partial charge on any atom is 0.113 e. The molecule has 0 saturated carbocycles. The van der Waals surface area contributed by atoms with E-state index in [1.807, 2.05) is 29.0 Å². The van der Waals surface area contributed by atoms with Gasteiger partial charge in [0.2, 0.25) is 0 Å². The lowest BCUT2D eigenvalue weighted by Crippen LogP contribution is -2.06. The van der Waals surface area contributed by atoms with Gasteiger partial charge in [0.15, 0.2) is 0 Å². The summed E-state index contributed by atoms with van der Waals surface area (Å²) in [6, 6.07) is 10.2. The molecular formula is C12H15ClN2O. The number of hydrogen-bond acceptors (Lipinski definition) is 2. The molecule has 86 valence electrons. The van der Waals surface area contributed by atoms with Gasteiger partial charge in [-0.3, -0.25) is 0 Å². The van der Waals surface area contributed by atoms with Crippen molar-refractivity contribution in [2.75, 3.05) is 6.61 Å². The Morgan fingerprint density at radius 2 is 1.94 bits per heavy atom. The Kier molecular flexibility index (Phi) is 5.02. The highest BCUT2D eigenvalue weighted by molar-refractivity contribution is 5.85. The third-order valence-electron chi connectivity index (χ3n) is 2.35. The number of benzene rings is 1. The molecule has 0 aliphatic rings. The van der Waals surface area contributed by atoms with Crippen LogP contribution in [0.4, 0.5) is 0 Å². The van der Waals surface area contributed by atoms with Crippen LogP contribution in [0.5, 0.6) is 0 Å². The fraction of sp³-hybridized carbons (Fsp3) is 0.250. The number of rotatable bonds is 4. The van der Waals surface area contributed by atoms with Crippen molar-refractivity contribution in [1.29, 1.82) is 0 Å². The minimum atomic E-state index is 0. The molecule has 1 aromatic heterocycles. The molecule has 3 nitrogen and oxygen atoms in total. The van der Waals surface area contributed by atoms with Gasteiger partial charge < -0.3 is 9.67 Å². The highest BCUT2D eigenvalue weighted by Crippen LogP contribution is 2.07. The second kappa shape index (κ2) is 6.30. The first kappa shape index (κ1) is 12.7. The maximum atomic E-state index is 8.88. The number of aromatic nitrogens is 2. The molecule has 0 radical (unpaired) electrons. The highest BCUT2D eigenvalue weighted by atomic mass is 35.5. The molecule has 1 N–H and O–H groups in total. The molecule has 0 atom stereocenters. The molecule has 0 fully saturated rings. The minimum absolute atomic E-state index is 0. The molecule has 2 rings (SSSR count). The summed E-state index contributed by atoms with van der Waals surface area (Å²) in [6.07, 6.45) is 4.48. The predicted molar refractivity (Wildman–Crippen MR) is 65.8 cm³/mol. The third-order valence-corrected chi connectivity index (χ3v) is 2.35. The van der Waals surface area contributed by atoms with Gasteiger partial charge in [-0.05, 0) is 5.56 Å². The fourth-order valence-electron chi connectivity index (χ4n) is 1.60. The molecule has 0 aliphatic heterocycles. The predicted octanol–water partition coefficient (Wildman–Crippen LogP) is 1.89. The summed E-state index contributed by atoms with van der Waals surface area (Å²) in [5, 5.41) is 8.88. The molecule has 0 aliphatic carbocycles. The zero-order chi connectivity index (χ0) is 10.5. The van der Waals surface area contributed by atoms with Crippen molar-refractivity contribution >= 4 is 12.4 Å². The van der Waals surface area contributed by atoms with Crippen LogP contribution >= 0.6 is 12.4 Å². The first-order chi connectivity index (χ1) is 7.40. The normalized spacial score (nSPS) is 9.81. The lowest BCUT2D eigenvalue weighted by atomic mass is 10.1. The van der Waals surface area contributed by atoms with E-state index in [1.54, 1.807) is 6.20 Å². The first-order valence-corrected chi connectivity index (χ1v) is 5.05. The van der Waals surface area contributed by atoms with Gasteiger partial charge in [-0.15, -0.1) is 12.4 Å². The van der Waals surface area contributed by atoms with Crippen molar-refractivity contribution in [3.05, 3.63) is 54.1 Å². The van der Waals surface area contributed by atoms with E-state index in [9.17, 15) is 0 Å². The Morgan fingerprint density at radius 3 is 2.62 bits per heavy atom. The number of aliphatic hydroxyl groups excluding tert-OH is 1. The van der Waals surface area contributed by atoms with Crippen LogP contribution in [0.3, 0.4) is 0 Å². The van der Waals surface area contributed by atoms with Gasteiger partial charge in [-0.1, -0.05) is 30.3 Å². The van der Waals surface area contributed by atoms with Gasteiger partial charge in [0.25, 0.3) is 0 Å². The topological polar surface area (TPSA) is 38.0 Å². The SMILES string of the molecule is Cl.OCCn1ccnc1Cc1ccccc1. The van der Waals surface area contributed by atoms with Gasteiger partial charge in [0, 0.05) is 25.4 Å². The fourth-order valence-corrected chi connectivity index (χ4v) is 1.60. The quantitative estimate of drug-likeness (QED) is 0.884. The van der Waals surface area contributed by atoms with Gasteiger partial charge >= 0.3 is 0 Å². The van der Waals surface area contributed by atoms with Crippen LogP contribution in [-0.4, -0.2) is 21.3 Å².